The van der Waals surface area contributed by atoms with Gasteiger partial charge in [-0.05, 0) is 42.7 Å². The van der Waals surface area contributed by atoms with Crippen molar-refractivity contribution in [1.82, 2.24) is 9.80 Å². The lowest BCUT2D eigenvalue weighted by molar-refractivity contribution is -0.135. The number of carbonyl (C=O) groups excluding carboxylic acids is 2. The van der Waals surface area contributed by atoms with Gasteiger partial charge in [-0.25, -0.2) is 0 Å². The lowest BCUT2D eigenvalue weighted by Crippen LogP contribution is -2.51. The maximum atomic E-state index is 13.4. The molecule has 0 N–H and O–H groups in total. The zero-order chi connectivity index (χ0) is 20.6. The minimum Gasteiger partial charge on any atom is -0.340 e. The molecule has 30 heavy (non-hydrogen) atoms. The molecule has 3 fully saturated rings. The lowest BCUT2D eigenvalue weighted by Gasteiger charge is -2.38. The molecule has 2 saturated heterocycles. The van der Waals surface area contributed by atoms with Crippen molar-refractivity contribution in [2.75, 3.05) is 19.6 Å². The van der Waals surface area contributed by atoms with Gasteiger partial charge in [-0.1, -0.05) is 60.7 Å². The molecular formula is C26H30N2O2. The first-order chi connectivity index (χ1) is 14.7. The Labute approximate surface area is 178 Å². The van der Waals surface area contributed by atoms with E-state index in [9.17, 15) is 9.59 Å². The molecule has 2 amide bonds. The van der Waals surface area contributed by atoms with Crippen molar-refractivity contribution in [3.05, 3.63) is 71.8 Å². The van der Waals surface area contributed by atoms with Gasteiger partial charge in [0.1, 0.15) is 0 Å². The van der Waals surface area contributed by atoms with Crippen LogP contribution in [0.1, 0.15) is 43.2 Å². The van der Waals surface area contributed by atoms with Crippen LogP contribution in [0.5, 0.6) is 0 Å². The van der Waals surface area contributed by atoms with Gasteiger partial charge in [0, 0.05) is 31.5 Å². The van der Waals surface area contributed by atoms with Gasteiger partial charge >= 0.3 is 0 Å². The highest BCUT2D eigenvalue weighted by atomic mass is 16.2. The van der Waals surface area contributed by atoms with Crippen LogP contribution in [-0.4, -0.2) is 47.3 Å². The van der Waals surface area contributed by atoms with Gasteiger partial charge in [-0.2, -0.15) is 0 Å². The van der Waals surface area contributed by atoms with Crippen LogP contribution < -0.4 is 0 Å². The number of carbonyl (C=O) groups is 2. The zero-order valence-electron chi connectivity index (χ0n) is 17.5. The number of hydrogen-bond donors (Lipinski definition) is 0. The molecule has 0 aromatic heterocycles. The van der Waals surface area contributed by atoms with Crippen LogP contribution in [-0.2, 0) is 21.4 Å². The number of rotatable bonds is 5. The van der Waals surface area contributed by atoms with Gasteiger partial charge in [-0.3, -0.25) is 9.59 Å². The van der Waals surface area contributed by atoms with Gasteiger partial charge in [0.2, 0.25) is 11.8 Å². The Morgan fingerprint density at radius 1 is 0.967 bits per heavy atom. The second-order valence-corrected chi connectivity index (χ2v) is 9.28. The average molecular weight is 403 g/mol. The SMILES string of the molecule is O=C1CC[C@@]2(c3ccccc3)CCN(C(=O)Cc3ccccc3)[C@@H]2CN1CC1CC1. The van der Waals surface area contributed by atoms with Gasteiger partial charge in [0.05, 0.1) is 12.5 Å². The van der Waals surface area contributed by atoms with E-state index in [1.807, 2.05) is 36.4 Å². The highest BCUT2D eigenvalue weighted by Crippen LogP contribution is 2.46. The van der Waals surface area contributed by atoms with E-state index in [1.54, 1.807) is 0 Å². The van der Waals surface area contributed by atoms with Crippen LogP contribution in [0.15, 0.2) is 60.7 Å². The highest BCUT2D eigenvalue weighted by molar-refractivity contribution is 5.81. The number of likely N-dealkylation sites (tertiary alicyclic amines) is 2. The fourth-order valence-corrected chi connectivity index (χ4v) is 5.51. The molecule has 4 nitrogen and oxygen atoms in total. The Morgan fingerprint density at radius 2 is 1.67 bits per heavy atom. The number of hydrogen-bond acceptors (Lipinski definition) is 2. The molecule has 2 aromatic carbocycles. The minimum absolute atomic E-state index is 0.0568. The van der Waals surface area contributed by atoms with Crippen LogP contribution in [0, 0.1) is 5.92 Å². The average Bonchev–Trinajstić information content (AvgIpc) is 3.54. The molecule has 3 aliphatic rings. The van der Waals surface area contributed by atoms with Crippen LogP contribution in [0.25, 0.3) is 0 Å². The molecule has 4 heteroatoms. The van der Waals surface area contributed by atoms with Crippen molar-refractivity contribution in [2.45, 2.75) is 50.0 Å². The number of benzene rings is 2. The molecule has 1 aliphatic carbocycles. The van der Waals surface area contributed by atoms with Crippen LogP contribution in [0.4, 0.5) is 0 Å². The molecule has 156 valence electrons. The van der Waals surface area contributed by atoms with Gasteiger partial charge in [0.15, 0.2) is 0 Å². The Kier molecular flexibility index (Phi) is 5.10. The summed E-state index contributed by atoms with van der Waals surface area (Å²) in [4.78, 5) is 30.5. The molecule has 0 unspecified atom stereocenters. The predicted octanol–water partition coefficient (Wildman–Crippen LogP) is 3.80. The molecule has 2 aromatic rings. The molecule has 0 spiro atoms. The quantitative estimate of drug-likeness (QED) is 0.763. The predicted molar refractivity (Wildman–Crippen MR) is 117 cm³/mol. The highest BCUT2D eigenvalue weighted by Gasteiger charge is 2.52. The normalized spacial score (nSPS) is 26.4. The Morgan fingerprint density at radius 3 is 2.37 bits per heavy atom. The third kappa shape index (κ3) is 3.64. The second kappa shape index (κ2) is 7.90. The summed E-state index contributed by atoms with van der Waals surface area (Å²) in [5, 5.41) is 0. The summed E-state index contributed by atoms with van der Waals surface area (Å²) in [6.07, 6.45) is 5.24. The molecule has 0 bridgehead atoms. The van der Waals surface area contributed by atoms with Crippen molar-refractivity contribution >= 4 is 11.8 Å². The Bertz CT molecular complexity index is 909. The minimum atomic E-state index is -0.123. The van der Waals surface area contributed by atoms with Crippen LogP contribution >= 0.6 is 0 Å². The van der Waals surface area contributed by atoms with Crippen molar-refractivity contribution in [3.63, 3.8) is 0 Å². The maximum absolute atomic E-state index is 13.4. The number of fused-ring (bicyclic) bond motifs is 1. The largest absolute Gasteiger partial charge is 0.340 e. The first-order valence-electron chi connectivity index (χ1n) is 11.3. The number of amides is 2. The monoisotopic (exact) mass is 402 g/mol. The van der Waals surface area contributed by atoms with E-state index in [4.69, 9.17) is 0 Å². The summed E-state index contributed by atoms with van der Waals surface area (Å²) in [7, 11) is 0. The Balaban J connectivity index is 1.47. The summed E-state index contributed by atoms with van der Waals surface area (Å²) in [6, 6.07) is 20.7. The lowest BCUT2D eigenvalue weighted by atomic mass is 9.71. The molecule has 2 heterocycles. The van der Waals surface area contributed by atoms with Crippen LogP contribution in [0.3, 0.4) is 0 Å². The summed E-state index contributed by atoms with van der Waals surface area (Å²) in [6.45, 7) is 2.31. The topological polar surface area (TPSA) is 40.6 Å². The summed E-state index contributed by atoms with van der Waals surface area (Å²) < 4.78 is 0. The second-order valence-electron chi connectivity index (χ2n) is 9.28. The van der Waals surface area contributed by atoms with E-state index in [0.717, 1.165) is 31.5 Å². The third-order valence-electron chi connectivity index (χ3n) is 7.39. The summed E-state index contributed by atoms with van der Waals surface area (Å²) >= 11 is 0. The fourth-order valence-electron chi connectivity index (χ4n) is 5.51. The first kappa shape index (κ1) is 19.3. The van der Waals surface area contributed by atoms with Gasteiger partial charge in [0.25, 0.3) is 0 Å². The van der Waals surface area contributed by atoms with E-state index in [0.29, 0.717) is 25.3 Å². The van der Waals surface area contributed by atoms with Crippen molar-refractivity contribution in [1.29, 1.82) is 0 Å². The fraction of sp³-hybridized carbons (Fsp3) is 0.462. The summed E-state index contributed by atoms with van der Waals surface area (Å²) in [5.41, 5.74) is 2.21. The van der Waals surface area contributed by atoms with E-state index < -0.39 is 0 Å². The van der Waals surface area contributed by atoms with E-state index >= 15 is 0 Å². The molecule has 1 saturated carbocycles. The van der Waals surface area contributed by atoms with Crippen LogP contribution in [0.2, 0.25) is 0 Å². The molecular weight excluding hydrogens is 372 g/mol. The smallest absolute Gasteiger partial charge is 0.227 e. The van der Waals surface area contributed by atoms with Crippen molar-refractivity contribution in [3.8, 4) is 0 Å². The first-order valence-corrected chi connectivity index (χ1v) is 11.3. The molecule has 0 radical (unpaired) electrons. The summed E-state index contributed by atoms with van der Waals surface area (Å²) in [5.74, 6) is 1.11. The van der Waals surface area contributed by atoms with Gasteiger partial charge in [-0.15, -0.1) is 0 Å². The van der Waals surface area contributed by atoms with E-state index in [2.05, 4.69) is 34.1 Å². The molecule has 5 rings (SSSR count). The number of nitrogens with zero attached hydrogens (tertiary/aromatic N) is 2. The standard InChI is InChI=1S/C26H30N2O2/c29-24-13-14-26(22-9-5-2-6-10-22)15-16-28(23(26)19-27(24)18-21-11-12-21)25(30)17-20-7-3-1-4-8-20/h1-10,21,23H,11-19H2/t23-,26+/m1/s1. The van der Waals surface area contributed by atoms with Gasteiger partial charge < -0.3 is 9.80 Å². The molecule has 2 atom stereocenters. The maximum Gasteiger partial charge on any atom is 0.227 e. The Hall–Kier alpha value is -2.62. The van der Waals surface area contributed by atoms with E-state index in [-0.39, 0.29) is 23.3 Å². The zero-order valence-corrected chi connectivity index (χ0v) is 17.5. The van der Waals surface area contributed by atoms with E-state index in [1.165, 1.54) is 18.4 Å². The third-order valence-corrected chi connectivity index (χ3v) is 7.39. The molecule has 2 aliphatic heterocycles. The van der Waals surface area contributed by atoms with Crippen molar-refractivity contribution < 1.29 is 9.59 Å². The van der Waals surface area contributed by atoms with Crippen molar-refractivity contribution in [2.24, 2.45) is 5.92 Å².